The fraction of sp³-hybridized carbons (Fsp3) is 0.714. The fourth-order valence-corrected chi connectivity index (χ4v) is 3.05. The molecule has 6 nitrogen and oxygen atoms in total. The maximum atomic E-state index is 12.4. The Balaban J connectivity index is 1.91. The lowest BCUT2D eigenvalue weighted by atomic mass is 10.2. The molecule has 1 unspecified atom stereocenters. The Labute approximate surface area is 119 Å². The molecule has 2 fully saturated rings. The van der Waals surface area contributed by atoms with Crippen LogP contribution in [0.1, 0.15) is 19.3 Å². The summed E-state index contributed by atoms with van der Waals surface area (Å²) in [5.41, 5.74) is 0. The summed E-state index contributed by atoms with van der Waals surface area (Å²) in [5, 5.41) is 8.87. The van der Waals surface area contributed by atoms with Gasteiger partial charge in [0.05, 0.1) is 0 Å². The van der Waals surface area contributed by atoms with Crippen molar-refractivity contribution in [1.82, 2.24) is 14.7 Å². The summed E-state index contributed by atoms with van der Waals surface area (Å²) in [6.45, 7) is 7.26. The minimum atomic E-state index is -0.990. The molecule has 2 aliphatic heterocycles. The van der Waals surface area contributed by atoms with Gasteiger partial charge in [-0.05, 0) is 32.4 Å². The molecule has 6 heteroatoms. The zero-order chi connectivity index (χ0) is 14.5. The van der Waals surface area contributed by atoms with Crippen LogP contribution < -0.4 is 0 Å². The predicted molar refractivity (Wildman–Crippen MR) is 75.6 cm³/mol. The number of rotatable bonds is 5. The summed E-state index contributed by atoms with van der Waals surface area (Å²) in [7, 11) is 0. The standard InChI is InChI=1S/C14H23N3O3/c1-2-6-16(11-13(18)19)14(20)17-9-5-12(10-17)15-7-3-4-8-15/h2,12H,1,3-11H2,(H,18,19). The largest absolute Gasteiger partial charge is 0.480 e. The van der Waals surface area contributed by atoms with Crippen molar-refractivity contribution in [2.24, 2.45) is 0 Å². The van der Waals surface area contributed by atoms with E-state index < -0.39 is 5.97 Å². The van der Waals surface area contributed by atoms with Gasteiger partial charge in [-0.2, -0.15) is 0 Å². The smallest absolute Gasteiger partial charge is 0.323 e. The van der Waals surface area contributed by atoms with Crippen LogP contribution in [0.25, 0.3) is 0 Å². The molecule has 2 heterocycles. The number of carboxylic acid groups (broad SMARTS) is 1. The summed E-state index contributed by atoms with van der Waals surface area (Å²) in [4.78, 5) is 28.7. The first-order valence-corrected chi connectivity index (χ1v) is 7.22. The van der Waals surface area contributed by atoms with E-state index in [0.717, 1.165) is 19.5 Å². The Morgan fingerprint density at radius 2 is 2.00 bits per heavy atom. The fourth-order valence-electron chi connectivity index (χ4n) is 3.05. The van der Waals surface area contributed by atoms with Crippen molar-refractivity contribution in [1.29, 1.82) is 0 Å². The van der Waals surface area contributed by atoms with E-state index in [1.54, 1.807) is 11.0 Å². The highest BCUT2D eigenvalue weighted by Crippen LogP contribution is 2.21. The molecule has 0 saturated carbocycles. The third-order valence-electron chi connectivity index (χ3n) is 4.04. The number of urea groups is 1. The third kappa shape index (κ3) is 3.50. The Morgan fingerprint density at radius 3 is 2.60 bits per heavy atom. The van der Waals surface area contributed by atoms with Gasteiger partial charge >= 0.3 is 12.0 Å². The Kier molecular flexibility index (Phi) is 5.00. The van der Waals surface area contributed by atoms with Crippen LogP contribution >= 0.6 is 0 Å². The maximum Gasteiger partial charge on any atom is 0.323 e. The van der Waals surface area contributed by atoms with E-state index in [9.17, 15) is 9.59 Å². The number of nitrogens with zero attached hydrogens (tertiary/aromatic N) is 3. The first kappa shape index (κ1) is 14.8. The molecule has 1 N–H and O–H groups in total. The second-order valence-electron chi connectivity index (χ2n) is 5.48. The van der Waals surface area contributed by atoms with Crippen LogP contribution in [0.3, 0.4) is 0 Å². The highest BCUT2D eigenvalue weighted by atomic mass is 16.4. The second kappa shape index (κ2) is 6.74. The highest BCUT2D eigenvalue weighted by Gasteiger charge is 2.33. The van der Waals surface area contributed by atoms with E-state index in [-0.39, 0.29) is 19.1 Å². The SMILES string of the molecule is C=CCN(CC(=O)O)C(=O)N1CCC(N2CCCC2)C1. The Hall–Kier alpha value is -1.56. The molecule has 112 valence electrons. The van der Waals surface area contributed by atoms with Gasteiger partial charge in [-0.1, -0.05) is 6.08 Å². The minimum Gasteiger partial charge on any atom is -0.480 e. The van der Waals surface area contributed by atoms with Crippen LogP contribution in [0.5, 0.6) is 0 Å². The van der Waals surface area contributed by atoms with Gasteiger partial charge in [0.2, 0.25) is 0 Å². The van der Waals surface area contributed by atoms with Crippen LogP contribution in [0, 0.1) is 0 Å². The first-order chi connectivity index (χ1) is 9.61. The predicted octanol–water partition coefficient (Wildman–Crippen LogP) is 0.849. The zero-order valence-electron chi connectivity index (χ0n) is 11.8. The molecule has 2 aliphatic rings. The van der Waals surface area contributed by atoms with Gasteiger partial charge in [0, 0.05) is 25.7 Å². The van der Waals surface area contributed by atoms with Crippen LogP contribution in [0.2, 0.25) is 0 Å². The van der Waals surface area contributed by atoms with Crippen molar-refractivity contribution >= 4 is 12.0 Å². The number of hydrogen-bond acceptors (Lipinski definition) is 3. The van der Waals surface area contributed by atoms with Crippen LogP contribution in [0.15, 0.2) is 12.7 Å². The monoisotopic (exact) mass is 281 g/mol. The minimum absolute atomic E-state index is 0.186. The second-order valence-corrected chi connectivity index (χ2v) is 5.48. The summed E-state index contributed by atoms with van der Waals surface area (Å²) >= 11 is 0. The van der Waals surface area contributed by atoms with Gasteiger partial charge < -0.3 is 14.9 Å². The number of likely N-dealkylation sites (tertiary alicyclic amines) is 2. The summed E-state index contributed by atoms with van der Waals surface area (Å²) < 4.78 is 0. The molecular formula is C14H23N3O3. The molecule has 0 aromatic rings. The van der Waals surface area contributed by atoms with E-state index in [0.29, 0.717) is 19.1 Å². The third-order valence-corrected chi connectivity index (χ3v) is 4.04. The van der Waals surface area contributed by atoms with Crippen LogP contribution in [0.4, 0.5) is 4.79 Å². The molecule has 0 aromatic heterocycles. The van der Waals surface area contributed by atoms with Gasteiger partial charge in [-0.15, -0.1) is 6.58 Å². The van der Waals surface area contributed by atoms with Gasteiger partial charge in [0.25, 0.3) is 0 Å². The normalized spacial score (nSPS) is 23.0. The van der Waals surface area contributed by atoms with Crippen molar-refractivity contribution in [3.05, 3.63) is 12.7 Å². The van der Waals surface area contributed by atoms with Crippen molar-refractivity contribution < 1.29 is 14.7 Å². The van der Waals surface area contributed by atoms with Crippen LogP contribution in [-0.2, 0) is 4.79 Å². The number of carbonyl (C=O) groups excluding carboxylic acids is 1. The number of carboxylic acids is 1. The van der Waals surface area contributed by atoms with E-state index in [2.05, 4.69) is 11.5 Å². The molecular weight excluding hydrogens is 258 g/mol. The average molecular weight is 281 g/mol. The van der Waals surface area contributed by atoms with E-state index in [4.69, 9.17) is 5.11 Å². The van der Waals surface area contributed by atoms with Gasteiger partial charge in [-0.3, -0.25) is 9.69 Å². The average Bonchev–Trinajstić information content (AvgIpc) is 3.07. The molecule has 2 amide bonds. The van der Waals surface area contributed by atoms with Gasteiger partial charge in [-0.25, -0.2) is 4.79 Å². The number of amides is 2. The topological polar surface area (TPSA) is 64.1 Å². The summed E-state index contributed by atoms with van der Waals surface area (Å²) in [6.07, 6.45) is 5.04. The highest BCUT2D eigenvalue weighted by molar-refractivity contribution is 5.80. The van der Waals surface area contributed by atoms with Crippen molar-refractivity contribution in [2.75, 3.05) is 39.3 Å². The zero-order valence-corrected chi connectivity index (χ0v) is 11.8. The number of carbonyl (C=O) groups is 2. The Bertz CT molecular complexity index is 380. The lowest BCUT2D eigenvalue weighted by Gasteiger charge is -2.27. The number of hydrogen-bond donors (Lipinski definition) is 1. The molecule has 0 aromatic carbocycles. The van der Waals surface area contributed by atoms with Crippen molar-refractivity contribution in [3.63, 3.8) is 0 Å². The van der Waals surface area contributed by atoms with Crippen molar-refractivity contribution in [2.45, 2.75) is 25.3 Å². The maximum absolute atomic E-state index is 12.4. The lowest BCUT2D eigenvalue weighted by molar-refractivity contribution is -0.137. The van der Waals surface area contributed by atoms with Crippen LogP contribution in [-0.4, -0.2) is 77.1 Å². The lowest BCUT2D eigenvalue weighted by Crippen LogP contribution is -2.45. The molecule has 1 atom stereocenters. The van der Waals surface area contributed by atoms with E-state index in [1.807, 2.05) is 0 Å². The molecule has 0 spiro atoms. The Morgan fingerprint density at radius 1 is 1.30 bits per heavy atom. The quantitative estimate of drug-likeness (QED) is 0.759. The van der Waals surface area contributed by atoms with Gasteiger partial charge in [0.15, 0.2) is 0 Å². The molecule has 0 bridgehead atoms. The molecule has 20 heavy (non-hydrogen) atoms. The summed E-state index contributed by atoms with van der Waals surface area (Å²) in [6, 6.07) is 0.255. The van der Waals surface area contributed by atoms with Crippen molar-refractivity contribution in [3.8, 4) is 0 Å². The molecule has 2 saturated heterocycles. The molecule has 2 rings (SSSR count). The van der Waals surface area contributed by atoms with E-state index >= 15 is 0 Å². The van der Waals surface area contributed by atoms with E-state index in [1.165, 1.54) is 17.7 Å². The van der Waals surface area contributed by atoms with Gasteiger partial charge in [0.1, 0.15) is 6.54 Å². The first-order valence-electron chi connectivity index (χ1n) is 7.22. The number of aliphatic carboxylic acids is 1. The molecule has 0 aliphatic carbocycles. The summed E-state index contributed by atoms with van der Waals surface area (Å²) in [5.74, 6) is -0.990. The molecule has 0 radical (unpaired) electrons.